The number of rotatable bonds is 6. The molecule has 2 aliphatic rings. The third-order valence-electron chi connectivity index (χ3n) is 3.50. The van der Waals surface area contributed by atoms with Gasteiger partial charge in [0.15, 0.2) is 15.0 Å². The summed E-state index contributed by atoms with van der Waals surface area (Å²) < 4.78 is 23.4. The first-order valence-electron chi connectivity index (χ1n) is 6.90. The maximum absolute atomic E-state index is 11.8. The van der Waals surface area contributed by atoms with Gasteiger partial charge in [0.2, 0.25) is 5.91 Å². The van der Waals surface area contributed by atoms with Gasteiger partial charge >= 0.3 is 5.97 Å². The number of carboxylic acid groups (broad SMARTS) is 1. The van der Waals surface area contributed by atoms with Gasteiger partial charge in [0, 0.05) is 24.6 Å². The highest BCUT2D eigenvalue weighted by Gasteiger charge is 2.48. The lowest BCUT2D eigenvalue weighted by Gasteiger charge is -2.22. The number of fused-ring (bicyclic) bond motifs is 1. The number of aliphatic imine (C=N–C) groups is 1. The number of aliphatic carboxylic acids is 1. The van der Waals surface area contributed by atoms with Crippen LogP contribution < -0.4 is 0 Å². The van der Waals surface area contributed by atoms with Crippen molar-refractivity contribution in [2.24, 2.45) is 4.99 Å². The summed E-state index contributed by atoms with van der Waals surface area (Å²) in [5, 5.41) is 8.97. The molecule has 9 heteroatoms. The molecule has 7 nitrogen and oxygen atoms in total. The third-order valence-corrected chi connectivity index (χ3v) is 6.75. The van der Waals surface area contributed by atoms with Gasteiger partial charge in [-0.05, 0) is 6.42 Å². The van der Waals surface area contributed by atoms with Crippen molar-refractivity contribution in [3.63, 3.8) is 0 Å². The van der Waals surface area contributed by atoms with Gasteiger partial charge in [-0.1, -0.05) is 17.8 Å². The van der Waals surface area contributed by atoms with Crippen LogP contribution in [-0.4, -0.2) is 64.8 Å². The molecule has 22 heavy (non-hydrogen) atoms. The molecule has 0 aromatic rings. The standard InChI is InChI=1S/C13H18N2O5S2/c1-2-6-15-9-7-22(19,20)8-10(9)21-13(15)14-11(16)4-3-5-12(17)18/h2,9-10H,1,3-8H2,(H,17,18)/t9-,10-/m1/s1. The van der Waals surface area contributed by atoms with Crippen LogP contribution in [0.1, 0.15) is 19.3 Å². The molecule has 0 unspecified atom stereocenters. The maximum Gasteiger partial charge on any atom is 0.303 e. The van der Waals surface area contributed by atoms with Crippen molar-refractivity contribution in [3.8, 4) is 0 Å². The molecule has 2 aliphatic heterocycles. The summed E-state index contributed by atoms with van der Waals surface area (Å²) in [7, 11) is -3.03. The predicted molar refractivity (Wildman–Crippen MR) is 84.7 cm³/mol. The van der Waals surface area contributed by atoms with Crippen molar-refractivity contribution < 1.29 is 23.1 Å². The average molecular weight is 346 g/mol. The Kier molecular flexibility index (Phi) is 5.28. The topological polar surface area (TPSA) is 104 Å². The molecule has 2 atom stereocenters. The minimum atomic E-state index is -3.03. The van der Waals surface area contributed by atoms with Crippen LogP contribution in [0, 0.1) is 0 Å². The Balaban J connectivity index is 2.04. The molecule has 2 saturated heterocycles. The van der Waals surface area contributed by atoms with Crippen molar-refractivity contribution in [2.75, 3.05) is 18.1 Å². The van der Waals surface area contributed by atoms with E-state index in [4.69, 9.17) is 5.11 Å². The van der Waals surface area contributed by atoms with Crippen LogP contribution in [0.5, 0.6) is 0 Å². The van der Waals surface area contributed by atoms with Crippen LogP contribution in [0.25, 0.3) is 0 Å². The van der Waals surface area contributed by atoms with Crippen molar-refractivity contribution in [2.45, 2.75) is 30.6 Å². The normalized spacial score (nSPS) is 27.8. The fourth-order valence-electron chi connectivity index (χ4n) is 2.54. The van der Waals surface area contributed by atoms with E-state index >= 15 is 0 Å². The van der Waals surface area contributed by atoms with Crippen molar-refractivity contribution in [3.05, 3.63) is 12.7 Å². The molecular formula is C13H18N2O5S2. The molecule has 0 saturated carbocycles. The Hall–Kier alpha value is -1.35. The summed E-state index contributed by atoms with van der Waals surface area (Å²) in [6.45, 7) is 4.09. The van der Waals surface area contributed by atoms with Gasteiger partial charge in [0.1, 0.15) is 0 Å². The molecule has 0 aromatic heterocycles. The molecule has 0 radical (unpaired) electrons. The van der Waals surface area contributed by atoms with Crippen LogP contribution in [0.15, 0.2) is 17.6 Å². The SMILES string of the molecule is C=CCN1C(=NC(=O)CCCC(=O)O)S[C@@H]2CS(=O)(=O)C[C@H]21. The van der Waals surface area contributed by atoms with Gasteiger partial charge in [-0.15, -0.1) is 6.58 Å². The van der Waals surface area contributed by atoms with Crippen molar-refractivity contribution in [1.29, 1.82) is 0 Å². The number of sulfone groups is 1. The lowest BCUT2D eigenvalue weighted by Crippen LogP contribution is -2.37. The second-order valence-electron chi connectivity index (χ2n) is 5.28. The molecule has 0 aromatic carbocycles. The highest BCUT2D eigenvalue weighted by molar-refractivity contribution is 8.15. The number of carboxylic acids is 1. The number of carbonyl (C=O) groups excluding carboxylic acids is 1. The minimum absolute atomic E-state index is 0.0659. The summed E-state index contributed by atoms with van der Waals surface area (Å²) >= 11 is 1.31. The largest absolute Gasteiger partial charge is 0.481 e. The Morgan fingerprint density at radius 1 is 1.41 bits per heavy atom. The Labute approximate surface area is 133 Å². The third kappa shape index (κ3) is 4.10. The number of hydrogen-bond donors (Lipinski definition) is 1. The van der Waals surface area contributed by atoms with Crippen molar-refractivity contribution >= 4 is 38.6 Å². The number of hydrogen-bond acceptors (Lipinski definition) is 5. The van der Waals surface area contributed by atoms with E-state index in [1.165, 1.54) is 11.8 Å². The second-order valence-corrected chi connectivity index (χ2v) is 8.64. The van der Waals surface area contributed by atoms with Gasteiger partial charge in [0.05, 0.1) is 17.5 Å². The van der Waals surface area contributed by atoms with Gasteiger partial charge < -0.3 is 10.0 Å². The van der Waals surface area contributed by atoms with Crippen molar-refractivity contribution in [1.82, 2.24) is 4.90 Å². The summed E-state index contributed by atoms with van der Waals surface area (Å²) in [4.78, 5) is 28.1. The van der Waals surface area contributed by atoms with E-state index in [-0.39, 0.29) is 48.0 Å². The molecule has 0 aliphatic carbocycles. The van der Waals surface area contributed by atoms with Crippen LogP contribution in [-0.2, 0) is 19.4 Å². The molecule has 2 heterocycles. The molecule has 1 amide bonds. The summed E-state index contributed by atoms with van der Waals surface area (Å²) in [5.41, 5.74) is 0. The van der Waals surface area contributed by atoms with E-state index in [1.54, 1.807) is 6.08 Å². The molecule has 0 bridgehead atoms. The molecule has 2 fully saturated rings. The van der Waals surface area contributed by atoms with E-state index in [1.807, 2.05) is 4.90 Å². The number of nitrogens with zero attached hydrogens (tertiary/aromatic N) is 2. The molecule has 0 spiro atoms. The smallest absolute Gasteiger partial charge is 0.303 e. The Morgan fingerprint density at radius 3 is 2.77 bits per heavy atom. The highest BCUT2D eigenvalue weighted by Crippen LogP contribution is 2.38. The van der Waals surface area contributed by atoms with Gasteiger partial charge in [-0.25, -0.2) is 8.42 Å². The maximum atomic E-state index is 11.8. The van der Waals surface area contributed by atoms with Crippen LogP contribution in [0.3, 0.4) is 0 Å². The first-order chi connectivity index (χ1) is 10.3. The lowest BCUT2D eigenvalue weighted by atomic mass is 10.2. The Bertz CT molecular complexity index is 614. The summed E-state index contributed by atoms with van der Waals surface area (Å²) in [5.74, 6) is -1.14. The highest BCUT2D eigenvalue weighted by atomic mass is 32.2. The van der Waals surface area contributed by atoms with Gasteiger partial charge in [-0.3, -0.25) is 9.59 Å². The number of amidine groups is 1. The fourth-order valence-corrected chi connectivity index (χ4v) is 6.52. The van der Waals surface area contributed by atoms with E-state index in [0.29, 0.717) is 11.7 Å². The summed E-state index contributed by atoms with van der Waals surface area (Å²) in [6.07, 6.45) is 1.91. The predicted octanol–water partition coefficient (Wildman–Crippen LogP) is 0.524. The zero-order chi connectivity index (χ0) is 16.3. The van der Waals surface area contributed by atoms with E-state index in [9.17, 15) is 18.0 Å². The number of carbonyl (C=O) groups is 2. The molecule has 2 rings (SSSR count). The number of thioether (sulfide) groups is 1. The van der Waals surface area contributed by atoms with E-state index in [0.717, 1.165) is 0 Å². The quantitative estimate of drug-likeness (QED) is 0.699. The van der Waals surface area contributed by atoms with Crippen LogP contribution in [0.4, 0.5) is 0 Å². The zero-order valence-electron chi connectivity index (χ0n) is 12.0. The average Bonchev–Trinajstić information content (AvgIpc) is 2.83. The zero-order valence-corrected chi connectivity index (χ0v) is 13.6. The van der Waals surface area contributed by atoms with E-state index < -0.39 is 15.8 Å². The lowest BCUT2D eigenvalue weighted by molar-refractivity contribution is -0.137. The second kappa shape index (κ2) is 6.82. The molecular weight excluding hydrogens is 328 g/mol. The fraction of sp³-hybridized carbons (Fsp3) is 0.615. The minimum Gasteiger partial charge on any atom is -0.481 e. The first-order valence-corrected chi connectivity index (χ1v) is 9.60. The monoisotopic (exact) mass is 346 g/mol. The Morgan fingerprint density at radius 2 is 2.14 bits per heavy atom. The molecule has 1 N–H and O–H groups in total. The van der Waals surface area contributed by atoms with E-state index in [2.05, 4.69) is 11.6 Å². The summed E-state index contributed by atoms with van der Waals surface area (Å²) in [6, 6.07) is -0.168. The van der Waals surface area contributed by atoms with Gasteiger partial charge in [0.25, 0.3) is 0 Å². The van der Waals surface area contributed by atoms with Gasteiger partial charge in [-0.2, -0.15) is 4.99 Å². The first kappa shape index (κ1) is 17.0. The molecule has 122 valence electrons. The van der Waals surface area contributed by atoms with Crippen LogP contribution >= 0.6 is 11.8 Å². The number of amides is 1. The van der Waals surface area contributed by atoms with Crippen LogP contribution in [0.2, 0.25) is 0 Å².